The maximum absolute atomic E-state index is 12.8. The quantitative estimate of drug-likeness (QED) is 0.486. The zero-order valence-electron chi connectivity index (χ0n) is 16.8. The molecule has 0 saturated heterocycles. The zero-order valence-corrected chi connectivity index (χ0v) is 20.1. The second-order valence-electron chi connectivity index (χ2n) is 7.31. The molecule has 1 saturated carbocycles. The highest BCUT2D eigenvalue weighted by Gasteiger charge is 2.28. The third-order valence-electron chi connectivity index (χ3n) is 4.59. The zero-order chi connectivity index (χ0) is 22.2. The number of thiazole rings is 1. The van der Waals surface area contributed by atoms with Crippen LogP contribution in [0.3, 0.4) is 0 Å². The van der Waals surface area contributed by atoms with Gasteiger partial charge in [0.15, 0.2) is 4.34 Å². The van der Waals surface area contributed by atoms with E-state index >= 15 is 0 Å². The van der Waals surface area contributed by atoms with E-state index in [-0.39, 0.29) is 15.8 Å². The molecule has 31 heavy (non-hydrogen) atoms. The second kappa shape index (κ2) is 8.55. The molecule has 4 rings (SSSR count). The topological polar surface area (TPSA) is 105 Å². The Morgan fingerprint density at radius 2 is 1.61 bits per heavy atom. The Balaban J connectivity index is 1.49. The van der Waals surface area contributed by atoms with Crippen molar-refractivity contribution in [1.82, 2.24) is 9.71 Å². The Labute approximate surface area is 190 Å². The van der Waals surface area contributed by atoms with Crippen LogP contribution >= 0.6 is 23.1 Å². The lowest BCUT2D eigenvalue weighted by Crippen LogP contribution is -2.25. The lowest BCUT2D eigenvalue weighted by molar-refractivity contribution is 0.580. The van der Waals surface area contributed by atoms with Crippen molar-refractivity contribution in [3.05, 3.63) is 59.1 Å². The predicted molar refractivity (Wildman–Crippen MR) is 123 cm³/mol. The van der Waals surface area contributed by atoms with Crippen molar-refractivity contribution in [2.24, 2.45) is 0 Å². The van der Waals surface area contributed by atoms with Gasteiger partial charge < -0.3 is 0 Å². The molecule has 7 nitrogen and oxygen atoms in total. The number of aryl methyl sites for hydroxylation is 2. The minimum absolute atomic E-state index is 0.00557. The van der Waals surface area contributed by atoms with Gasteiger partial charge in [0, 0.05) is 22.0 Å². The number of sulfonamides is 2. The van der Waals surface area contributed by atoms with Gasteiger partial charge in [-0.05, 0) is 74.7 Å². The van der Waals surface area contributed by atoms with E-state index < -0.39 is 20.0 Å². The molecule has 1 aliphatic rings. The van der Waals surface area contributed by atoms with Crippen LogP contribution in [0, 0.1) is 13.8 Å². The summed E-state index contributed by atoms with van der Waals surface area (Å²) in [5.74, 6) is 0. The fraction of sp³-hybridized carbons (Fsp3) is 0.250. The molecule has 0 spiro atoms. The first-order chi connectivity index (χ1) is 14.6. The smallest absolute Gasteiger partial charge is 0.261 e. The second-order valence-corrected chi connectivity index (χ2v) is 12.9. The van der Waals surface area contributed by atoms with E-state index in [0.29, 0.717) is 5.69 Å². The van der Waals surface area contributed by atoms with Crippen molar-refractivity contribution in [1.29, 1.82) is 0 Å². The van der Waals surface area contributed by atoms with Gasteiger partial charge in [-0.3, -0.25) is 4.72 Å². The summed E-state index contributed by atoms with van der Waals surface area (Å²) < 4.78 is 56.2. The highest BCUT2D eigenvalue weighted by molar-refractivity contribution is 8.01. The summed E-state index contributed by atoms with van der Waals surface area (Å²) in [7, 11) is -7.49. The summed E-state index contributed by atoms with van der Waals surface area (Å²) >= 11 is 3.09. The summed E-state index contributed by atoms with van der Waals surface area (Å²) in [6.45, 7) is 3.77. The van der Waals surface area contributed by atoms with Gasteiger partial charge in [-0.2, -0.15) is 0 Å². The first-order valence-electron chi connectivity index (χ1n) is 9.48. The molecular weight excluding hydrogens is 475 g/mol. The van der Waals surface area contributed by atoms with Gasteiger partial charge in [0.25, 0.3) is 10.0 Å². The molecule has 0 unspecified atom stereocenters. The molecule has 0 atom stereocenters. The van der Waals surface area contributed by atoms with E-state index in [1.165, 1.54) is 36.0 Å². The van der Waals surface area contributed by atoms with Crippen molar-refractivity contribution in [3.63, 3.8) is 0 Å². The molecule has 0 radical (unpaired) electrons. The third-order valence-corrected chi connectivity index (χ3v) is 9.55. The number of rotatable bonds is 8. The maximum Gasteiger partial charge on any atom is 0.261 e. The molecule has 0 bridgehead atoms. The molecule has 2 aromatic carbocycles. The van der Waals surface area contributed by atoms with Gasteiger partial charge in [-0.1, -0.05) is 11.8 Å². The van der Waals surface area contributed by atoms with Crippen molar-refractivity contribution in [2.45, 2.75) is 51.8 Å². The standard InChI is InChI=1S/C20H21N3O4S4/c1-13-11-16(29-20-21-14(2)12-28-20)5-10-19(13)23-31(26,27)18-8-6-17(7-9-18)30(24,25)22-15-3-4-15/h5-12,15,22-23H,3-4H2,1-2H3. The molecule has 2 N–H and O–H groups in total. The third kappa shape index (κ3) is 5.47. The summed E-state index contributed by atoms with van der Waals surface area (Å²) in [6, 6.07) is 10.7. The minimum atomic E-state index is -3.86. The van der Waals surface area contributed by atoms with Crippen LogP contribution in [0.5, 0.6) is 0 Å². The number of nitrogens with zero attached hydrogens (tertiary/aromatic N) is 1. The fourth-order valence-corrected chi connectivity index (χ4v) is 7.13. The normalized spacial score (nSPS) is 14.5. The van der Waals surface area contributed by atoms with Crippen LogP contribution < -0.4 is 9.44 Å². The van der Waals surface area contributed by atoms with Gasteiger partial charge in [0.05, 0.1) is 15.5 Å². The first-order valence-corrected chi connectivity index (χ1v) is 14.1. The molecule has 1 heterocycles. The van der Waals surface area contributed by atoms with Gasteiger partial charge >= 0.3 is 0 Å². The summed E-state index contributed by atoms with van der Waals surface area (Å²) in [4.78, 5) is 5.43. The predicted octanol–water partition coefficient (Wildman–Crippen LogP) is 4.15. The van der Waals surface area contributed by atoms with Crippen LogP contribution in [-0.4, -0.2) is 27.9 Å². The lowest BCUT2D eigenvalue weighted by atomic mass is 10.2. The highest BCUT2D eigenvalue weighted by atomic mass is 32.2. The number of nitrogens with one attached hydrogen (secondary N) is 2. The molecule has 0 amide bonds. The van der Waals surface area contributed by atoms with Crippen LogP contribution in [0.4, 0.5) is 5.69 Å². The Morgan fingerprint density at radius 1 is 0.968 bits per heavy atom. The van der Waals surface area contributed by atoms with E-state index in [1.54, 1.807) is 17.4 Å². The van der Waals surface area contributed by atoms with Crippen LogP contribution in [0.2, 0.25) is 0 Å². The summed E-state index contributed by atoms with van der Waals surface area (Å²) in [5, 5.41) is 1.98. The summed E-state index contributed by atoms with van der Waals surface area (Å²) in [5.41, 5.74) is 2.21. The number of anilines is 1. The van der Waals surface area contributed by atoms with E-state index in [9.17, 15) is 16.8 Å². The van der Waals surface area contributed by atoms with Crippen molar-refractivity contribution >= 4 is 48.8 Å². The molecule has 1 aromatic heterocycles. The van der Waals surface area contributed by atoms with Gasteiger partial charge in [0.1, 0.15) is 0 Å². The number of benzene rings is 2. The number of hydrogen-bond acceptors (Lipinski definition) is 7. The van der Waals surface area contributed by atoms with Crippen LogP contribution in [0.25, 0.3) is 0 Å². The fourth-order valence-electron chi connectivity index (χ4n) is 2.78. The molecule has 1 aliphatic carbocycles. The van der Waals surface area contributed by atoms with Gasteiger partial charge in [-0.25, -0.2) is 26.5 Å². The SMILES string of the molecule is Cc1csc(Sc2ccc(NS(=O)(=O)c3ccc(S(=O)(=O)NC4CC4)cc3)c(C)c2)n1. The maximum atomic E-state index is 12.8. The Morgan fingerprint density at radius 3 is 2.16 bits per heavy atom. The van der Waals surface area contributed by atoms with Crippen LogP contribution in [0.15, 0.2) is 66.9 Å². The van der Waals surface area contributed by atoms with Crippen molar-refractivity contribution in [3.8, 4) is 0 Å². The first kappa shape index (κ1) is 22.3. The van der Waals surface area contributed by atoms with Gasteiger partial charge in [0.2, 0.25) is 10.0 Å². The van der Waals surface area contributed by atoms with E-state index in [0.717, 1.165) is 33.3 Å². The summed E-state index contributed by atoms with van der Waals surface area (Å²) in [6.07, 6.45) is 1.66. The lowest BCUT2D eigenvalue weighted by Gasteiger charge is -2.12. The van der Waals surface area contributed by atoms with Gasteiger partial charge in [-0.15, -0.1) is 11.3 Å². The van der Waals surface area contributed by atoms with Crippen LogP contribution in [0.1, 0.15) is 24.1 Å². The van der Waals surface area contributed by atoms with E-state index in [2.05, 4.69) is 14.4 Å². The van der Waals surface area contributed by atoms with Crippen molar-refractivity contribution in [2.75, 3.05) is 4.72 Å². The molecule has 1 fully saturated rings. The minimum Gasteiger partial charge on any atom is -0.279 e. The average molecular weight is 496 g/mol. The molecule has 11 heteroatoms. The largest absolute Gasteiger partial charge is 0.279 e. The molecular formula is C20H21N3O4S4. The Bertz CT molecular complexity index is 1310. The molecule has 3 aromatic rings. The molecule has 0 aliphatic heterocycles. The average Bonchev–Trinajstić information content (AvgIpc) is 3.42. The Kier molecular flexibility index (Phi) is 6.14. The number of hydrogen-bond donors (Lipinski definition) is 2. The van der Waals surface area contributed by atoms with E-state index in [4.69, 9.17) is 0 Å². The monoisotopic (exact) mass is 495 g/mol. The van der Waals surface area contributed by atoms with Crippen LogP contribution in [-0.2, 0) is 20.0 Å². The van der Waals surface area contributed by atoms with E-state index in [1.807, 2.05) is 31.4 Å². The van der Waals surface area contributed by atoms with Crippen molar-refractivity contribution < 1.29 is 16.8 Å². The Hall–Kier alpha value is -1.92. The highest BCUT2D eigenvalue weighted by Crippen LogP contribution is 2.33. The molecule has 164 valence electrons. The number of aromatic nitrogens is 1.